The van der Waals surface area contributed by atoms with Gasteiger partial charge in [0.1, 0.15) is 6.61 Å². The molecular weight excluding hydrogens is 290 g/mol. The Labute approximate surface area is 128 Å². The van der Waals surface area contributed by atoms with E-state index in [1.807, 2.05) is 0 Å². The van der Waals surface area contributed by atoms with Crippen molar-refractivity contribution in [3.05, 3.63) is 29.8 Å². The van der Waals surface area contributed by atoms with Crippen molar-refractivity contribution in [3.8, 4) is 0 Å². The molecule has 0 bridgehead atoms. The highest BCUT2D eigenvalue weighted by atomic mass is 16.6. The Balaban J connectivity index is 2.48. The van der Waals surface area contributed by atoms with Crippen LogP contribution < -0.4 is 5.32 Å². The van der Waals surface area contributed by atoms with Gasteiger partial charge in [-0.05, 0) is 38.1 Å². The zero-order valence-electron chi connectivity index (χ0n) is 12.8. The Morgan fingerprint density at radius 3 is 2.27 bits per heavy atom. The highest BCUT2D eigenvalue weighted by Crippen LogP contribution is 2.11. The first kappa shape index (κ1) is 17.6. The molecule has 7 nitrogen and oxygen atoms in total. The lowest BCUT2D eigenvalue weighted by molar-refractivity contribution is -0.150. The van der Waals surface area contributed by atoms with Crippen molar-refractivity contribution in [1.29, 1.82) is 0 Å². The summed E-state index contributed by atoms with van der Waals surface area (Å²) in [6.45, 7) is 2.91. The van der Waals surface area contributed by atoms with Crippen molar-refractivity contribution in [2.24, 2.45) is 0 Å². The molecule has 0 saturated heterocycles. The van der Waals surface area contributed by atoms with Crippen LogP contribution in [0.4, 0.5) is 5.69 Å². The minimum atomic E-state index is -0.621. The van der Waals surface area contributed by atoms with Crippen molar-refractivity contribution < 1.29 is 28.6 Å². The van der Waals surface area contributed by atoms with Gasteiger partial charge in [0.15, 0.2) is 6.61 Å². The third-order valence-corrected chi connectivity index (χ3v) is 2.37. The molecule has 1 aromatic carbocycles. The highest BCUT2D eigenvalue weighted by Gasteiger charge is 2.10. The standard InChI is InChI=1S/C15H19NO6/c1-10(2)22-15(19)11-4-6-12(7-5-11)16-13(17)8-21-14(18)9-20-3/h4-7,10H,8-9H2,1-3H3,(H,16,17). The van der Waals surface area contributed by atoms with Crippen LogP contribution in [0.5, 0.6) is 0 Å². The van der Waals surface area contributed by atoms with Crippen LogP contribution in [-0.4, -0.2) is 44.3 Å². The summed E-state index contributed by atoms with van der Waals surface area (Å²) < 4.78 is 14.3. The molecule has 0 atom stereocenters. The lowest BCUT2D eigenvalue weighted by atomic mass is 10.2. The summed E-state index contributed by atoms with van der Waals surface area (Å²) in [7, 11) is 1.35. The maximum Gasteiger partial charge on any atom is 0.338 e. The van der Waals surface area contributed by atoms with Gasteiger partial charge in [-0.25, -0.2) is 9.59 Å². The molecule has 0 aliphatic rings. The number of nitrogens with one attached hydrogen (secondary N) is 1. The first-order chi connectivity index (χ1) is 10.4. The lowest BCUT2D eigenvalue weighted by Crippen LogP contribution is -2.22. The zero-order valence-corrected chi connectivity index (χ0v) is 12.8. The van der Waals surface area contributed by atoms with E-state index < -0.39 is 24.5 Å². The molecule has 22 heavy (non-hydrogen) atoms. The van der Waals surface area contributed by atoms with E-state index in [0.717, 1.165) is 0 Å². The van der Waals surface area contributed by atoms with Crippen molar-refractivity contribution in [2.45, 2.75) is 20.0 Å². The minimum Gasteiger partial charge on any atom is -0.459 e. The molecule has 0 unspecified atom stereocenters. The van der Waals surface area contributed by atoms with Gasteiger partial charge in [0.2, 0.25) is 0 Å². The zero-order chi connectivity index (χ0) is 16.5. The van der Waals surface area contributed by atoms with Gasteiger partial charge >= 0.3 is 11.9 Å². The van der Waals surface area contributed by atoms with E-state index >= 15 is 0 Å². The Hall–Kier alpha value is -2.41. The number of carbonyl (C=O) groups excluding carboxylic acids is 3. The molecule has 1 rings (SSSR count). The molecule has 0 saturated carbocycles. The van der Waals surface area contributed by atoms with Crippen LogP contribution in [0, 0.1) is 0 Å². The molecule has 0 aromatic heterocycles. The fourth-order valence-electron chi connectivity index (χ4n) is 1.47. The van der Waals surface area contributed by atoms with Crippen LogP contribution in [-0.2, 0) is 23.8 Å². The lowest BCUT2D eigenvalue weighted by Gasteiger charge is -2.09. The minimum absolute atomic E-state index is 0.200. The summed E-state index contributed by atoms with van der Waals surface area (Å²) in [6.07, 6.45) is -0.200. The molecule has 1 aromatic rings. The Morgan fingerprint density at radius 1 is 1.09 bits per heavy atom. The number of methoxy groups -OCH3 is 1. The second kappa shape index (κ2) is 8.78. The predicted molar refractivity (Wildman–Crippen MR) is 78.5 cm³/mol. The van der Waals surface area contributed by atoms with Crippen LogP contribution in [0.3, 0.4) is 0 Å². The first-order valence-electron chi connectivity index (χ1n) is 6.68. The van der Waals surface area contributed by atoms with Gasteiger partial charge in [-0.2, -0.15) is 0 Å². The van der Waals surface area contributed by atoms with Crippen LogP contribution >= 0.6 is 0 Å². The monoisotopic (exact) mass is 309 g/mol. The van der Waals surface area contributed by atoms with Crippen LogP contribution in [0.2, 0.25) is 0 Å². The maximum atomic E-state index is 11.6. The number of carbonyl (C=O) groups is 3. The molecule has 120 valence electrons. The Bertz CT molecular complexity index is 523. The number of rotatable bonds is 7. The molecular formula is C15H19NO6. The van der Waals surface area contributed by atoms with E-state index in [1.54, 1.807) is 26.0 Å². The van der Waals surface area contributed by atoms with Gasteiger partial charge in [-0.1, -0.05) is 0 Å². The van der Waals surface area contributed by atoms with E-state index in [-0.39, 0.29) is 12.7 Å². The average Bonchev–Trinajstić information content (AvgIpc) is 2.45. The Morgan fingerprint density at radius 2 is 1.73 bits per heavy atom. The van der Waals surface area contributed by atoms with E-state index in [4.69, 9.17) is 4.74 Å². The summed E-state index contributed by atoms with van der Waals surface area (Å²) in [6, 6.07) is 6.20. The fourth-order valence-corrected chi connectivity index (χ4v) is 1.47. The van der Waals surface area contributed by atoms with Crippen LogP contribution in [0.15, 0.2) is 24.3 Å². The smallest absolute Gasteiger partial charge is 0.338 e. The number of hydrogen-bond donors (Lipinski definition) is 1. The molecule has 0 radical (unpaired) electrons. The van der Waals surface area contributed by atoms with Gasteiger partial charge in [-0.3, -0.25) is 4.79 Å². The quantitative estimate of drug-likeness (QED) is 0.765. The van der Waals surface area contributed by atoms with Crippen molar-refractivity contribution in [2.75, 3.05) is 25.6 Å². The third-order valence-electron chi connectivity index (χ3n) is 2.37. The topological polar surface area (TPSA) is 90.9 Å². The highest BCUT2D eigenvalue weighted by molar-refractivity contribution is 5.94. The predicted octanol–water partition coefficient (Wildman–Crippen LogP) is 1.38. The molecule has 0 fully saturated rings. The van der Waals surface area contributed by atoms with Gasteiger partial charge in [0, 0.05) is 12.8 Å². The van der Waals surface area contributed by atoms with Gasteiger partial charge in [0.25, 0.3) is 5.91 Å². The second-order valence-electron chi connectivity index (χ2n) is 4.67. The number of ether oxygens (including phenoxy) is 3. The number of benzene rings is 1. The third kappa shape index (κ3) is 6.36. The normalized spacial score (nSPS) is 10.2. The maximum absolute atomic E-state index is 11.6. The fraction of sp³-hybridized carbons (Fsp3) is 0.400. The number of hydrogen-bond acceptors (Lipinski definition) is 6. The second-order valence-corrected chi connectivity index (χ2v) is 4.67. The summed E-state index contributed by atoms with van der Waals surface area (Å²) in [5.74, 6) is -1.53. The number of esters is 2. The average molecular weight is 309 g/mol. The van der Waals surface area contributed by atoms with E-state index in [2.05, 4.69) is 14.8 Å². The molecule has 0 aliphatic heterocycles. The molecule has 0 aliphatic carbocycles. The van der Waals surface area contributed by atoms with Gasteiger partial charge < -0.3 is 19.5 Å². The van der Waals surface area contributed by atoms with E-state index in [1.165, 1.54) is 19.2 Å². The largest absolute Gasteiger partial charge is 0.459 e. The van der Waals surface area contributed by atoms with E-state index in [0.29, 0.717) is 11.3 Å². The Kier molecular flexibility index (Phi) is 7.04. The SMILES string of the molecule is COCC(=O)OCC(=O)Nc1ccc(C(=O)OC(C)C)cc1. The summed E-state index contributed by atoms with van der Waals surface area (Å²) in [5.41, 5.74) is 0.868. The summed E-state index contributed by atoms with van der Waals surface area (Å²) in [4.78, 5) is 34.2. The first-order valence-corrected chi connectivity index (χ1v) is 6.68. The summed E-state index contributed by atoms with van der Waals surface area (Å²) >= 11 is 0. The number of amides is 1. The van der Waals surface area contributed by atoms with Gasteiger partial charge in [-0.15, -0.1) is 0 Å². The van der Waals surface area contributed by atoms with Crippen molar-refractivity contribution in [3.63, 3.8) is 0 Å². The van der Waals surface area contributed by atoms with Crippen LogP contribution in [0.1, 0.15) is 24.2 Å². The van der Waals surface area contributed by atoms with E-state index in [9.17, 15) is 14.4 Å². The molecule has 0 heterocycles. The summed E-state index contributed by atoms with van der Waals surface area (Å²) in [5, 5.41) is 2.54. The molecule has 1 amide bonds. The van der Waals surface area contributed by atoms with Crippen LogP contribution in [0.25, 0.3) is 0 Å². The van der Waals surface area contributed by atoms with Crippen molar-refractivity contribution >= 4 is 23.5 Å². The molecule has 1 N–H and O–H groups in total. The molecule has 0 spiro atoms. The molecule has 7 heteroatoms. The number of anilines is 1. The van der Waals surface area contributed by atoms with Crippen molar-refractivity contribution in [1.82, 2.24) is 0 Å². The van der Waals surface area contributed by atoms with Gasteiger partial charge in [0.05, 0.1) is 11.7 Å².